The number of alkyl carbamates (subject to hydrolysis) is 1. The van der Waals surface area contributed by atoms with Crippen molar-refractivity contribution in [3.63, 3.8) is 0 Å². The molecule has 0 radical (unpaired) electrons. The van der Waals surface area contributed by atoms with E-state index in [1.54, 1.807) is 13.2 Å². The number of carbonyl (C=O) groups excluding carboxylic acids is 1. The van der Waals surface area contributed by atoms with Crippen LogP contribution in [-0.2, 0) is 22.1 Å². The van der Waals surface area contributed by atoms with Gasteiger partial charge in [-0.25, -0.2) is 4.79 Å². The van der Waals surface area contributed by atoms with Gasteiger partial charge >= 0.3 is 6.09 Å². The molecule has 0 fully saturated rings. The van der Waals surface area contributed by atoms with Gasteiger partial charge in [0.2, 0.25) is 0 Å². The van der Waals surface area contributed by atoms with Crippen molar-refractivity contribution in [2.24, 2.45) is 0 Å². The Balaban J connectivity index is 2.02. The fourth-order valence-electron chi connectivity index (χ4n) is 2.89. The second-order valence-electron chi connectivity index (χ2n) is 6.49. The van der Waals surface area contributed by atoms with Crippen LogP contribution in [0.4, 0.5) is 10.5 Å². The van der Waals surface area contributed by atoms with E-state index in [1.165, 1.54) is 0 Å². The van der Waals surface area contributed by atoms with E-state index in [1.807, 2.05) is 54.6 Å². The third-order valence-corrected chi connectivity index (χ3v) is 5.24. The standard InChI is InChI=1S/C23H28N2O3S/c1-4-9-21(17-24-23(26)28-18-19-10-7-6-8-11-19)25(16-5-2)20-12-14-22(15-13-20)29(3)27/h6-8,10-15,21H,5,16-18H2,1-3H3,(H,24,26)/t21-,29?/m0/s1. The third-order valence-electron chi connectivity index (χ3n) is 4.30. The Hall–Kier alpha value is -2.78. The lowest BCUT2D eigenvalue weighted by Gasteiger charge is -2.30. The lowest BCUT2D eigenvalue weighted by Crippen LogP contribution is -2.44. The highest BCUT2D eigenvalue weighted by molar-refractivity contribution is 7.84. The second kappa shape index (κ2) is 11.9. The Kier molecular flexibility index (Phi) is 9.26. The lowest BCUT2D eigenvalue weighted by atomic mass is 10.2. The van der Waals surface area contributed by atoms with Gasteiger partial charge in [0.1, 0.15) is 12.6 Å². The van der Waals surface area contributed by atoms with Gasteiger partial charge in [0.05, 0.1) is 6.54 Å². The largest absolute Gasteiger partial charge is 0.445 e. The fraction of sp³-hybridized carbons (Fsp3) is 0.348. The molecule has 1 amide bonds. The number of hydrogen-bond acceptors (Lipinski definition) is 4. The van der Waals surface area contributed by atoms with Crippen molar-refractivity contribution in [2.45, 2.75) is 37.8 Å². The summed E-state index contributed by atoms with van der Waals surface area (Å²) >= 11 is 0. The average molecular weight is 413 g/mol. The van der Waals surface area contributed by atoms with Crippen LogP contribution >= 0.6 is 0 Å². The summed E-state index contributed by atoms with van der Waals surface area (Å²) in [6, 6.07) is 17.0. The minimum atomic E-state index is -1.02. The van der Waals surface area contributed by atoms with Gasteiger partial charge in [-0.15, -0.1) is 5.92 Å². The quantitative estimate of drug-likeness (QED) is 0.634. The zero-order valence-corrected chi connectivity index (χ0v) is 18.0. The number of carbonyl (C=O) groups is 1. The number of anilines is 1. The predicted molar refractivity (Wildman–Crippen MR) is 118 cm³/mol. The summed E-state index contributed by atoms with van der Waals surface area (Å²) in [5, 5.41) is 2.82. The lowest BCUT2D eigenvalue weighted by molar-refractivity contribution is 0.139. The highest BCUT2D eigenvalue weighted by atomic mass is 32.2. The molecule has 0 bridgehead atoms. The average Bonchev–Trinajstić information content (AvgIpc) is 2.74. The van der Waals surface area contributed by atoms with Crippen LogP contribution in [0, 0.1) is 11.8 Å². The first-order valence-electron chi connectivity index (χ1n) is 9.62. The molecule has 0 saturated heterocycles. The molecule has 0 aliphatic carbocycles. The number of nitrogens with zero attached hydrogens (tertiary/aromatic N) is 1. The van der Waals surface area contributed by atoms with E-state index in [0.717, 1.165) is 29.1 Å². The van der Waals surface area contributed by atoms with Crippen LogP contribution in [0.3, 0.4) is 0 Å². The molecule has 154 valence electrons. The number of amides is 1. The second-order valence-corrected chi connectivity index (χ2v) is 7.87. The van der Waals surface area contributed by atoms with E-state index in [2.05, 4.69) is 29.0 Å². The van der Waals surface area contributed by atoms with Gasteiger partial charge in [0, 0.05) is 34.2 Å². The molecule has 29 heavy (non-hydrogen) atoms. The Morgan fingerprint density at radius 3 is 2.45 bits per heavy atom. The maximum Gasteiger partial charge on any atom is 0.407 e. The maximum absolute atomic E-state index is 12.1. The maximum atomic E-state index is 12.1. The van der Waals surface area contributed by atoms with Crippen LogP contribution in [0.2, 0.25) is 0 Å². The van der Waals surface area contributed by atoms with Crippen molar-refractivity contribution in [2.75, 3.05) is 24.2 Å². The predicted octanol–water partition coefficient (Wildman–Crippen LogP) is 3.96. The third kappa shape index (κ3) is 7.28. The van der Waals surface area contributed by atoms with Crippen molar-refractivity contribution in [3.05, 3.63) is 60.2 Å². The van der Waals surface area contributed by atoms with Crippen LogP contribution < -0.4 is 10.2 Å². The highest BCUT2D eigenvalue weighted by Gasteiger charge is 2.18. The molecule has 2 atom stereocenters. The molecular weight excluding hydrogens is 384 g/mol. The molecular formula is C23H28N2O3S. The van der Waals surface area contributed by atoms with E-state index in [4.69, 9.17) is 4.74 Å². The van der Waals surface area contributed by atoms with Gasteiger partial charge in [-0.3, -0.25) is 4.21 Å². The number of hydrogen-bond donors (Lipinski definition) is 1. The summed E-state index contributed by atoms with van der Waals surface area (Å²) in [5.41, 5.74) is 1.92. The SMILES string of the molecule is CC#C[C@@H](CNC(=O)OCc1ccccc1)N(CCC)c1ccc(S(C)=O)cc1. The van der Waals surface area contributed by atoms with Gasteiger partial charge in [-0.1, -0.05) is 43.2 Å². The number of rotatable bonds is 9. The minimum absolute atomic E-state index is 0.192. The van der Waals surface area contributed by atoms with Crippen molar-refractivity contribution in [3.8, 4) is 11.8 Å². The van der Waals surface area contributed by atoms with E-state index in [0.29, 0.717) is 6.54 Å². The molecule has 2 aromatic carbocycles. The molecule has 0 saturated carbocycles. The molecule has 5 nitrogen and oxygen atoms in total. The zero-order chi connectivity index (χ0) is 21.1. The van der Waals surface area contributed by atoms with E-state index < -0.39 is 16.9 Å². The minimum Gasteiger partial charge on any atom is -0.445 e. The van der Waals surface area contributed by atoms with Crippen molar-refractivity contribution < 1.29 is 13.7 Å². The topological polar surface area (TPSA) is 58.6 Å². The molecule has 2 rings (SSSR count). The fourth-order valence-corrected chi connectivity index (χ4v) is 3.41. The molecule has 0 aliphatic rings. The summed E-state index contributed by atoms with van der Waals surface area (Å²) in [6.07, 6.45) is 2.13. The number of benzene rings is 2. The highest BCUT2D eigenvalue weighted by Crippen LogP contribution is 2.19. The first-order chi connectivity index (χ1) is 14.0. The van der Waals surface area contributed by atoms with Gasteiger partial charge in [0.15, 0.2) is 0 Å². The van der Waals surface area contributed by atoms with Crippen LogP contribution in [0.15, 0.2) is 59.5 Å². The summed E-state index contributed by atoms with van der Waals surface area (Å²) in [6.45, 7) is 5.24. The molecule has 6 heteroatoms. The summed E-state index contributed by atoms with van der Waals surface area (Å²) in [5.74, 6) is 6.13. The van der Waals surface area contributed by atoms with Crippen LogP contribution in [-0.4, -0.2) is 35.7 Å². The number of ether oxygens (including phenoxy) is 1. The Morgan fingerprint density at radius 1 is 1.17 bits per heavy atom. The van der Waals surface area contributed by atoms with E-state index in [9.17, 15) is 9.00 Å². The Labute approximate surface area is 175 Å². The monoisotopic (exact) mass is 412 g/mol. The molecule has 1 unspecified atom stereocenters. The first kappa shape index (κ1) is 22.5. The molecule has 2 aromatic rings. The Bertz CT molecular complexity index is 857. The summed E-state index contributed by atoms with van der Waals surface area (Å²) in [4.78, 5) is 15.1. The van der Waals surface area contributed by atoms with E-state index in [-0.39, 0.29) is 12.6 Å². The Morgan fingerprint density at radius 2 is 1.86 bits per heavy atom. The van der Waals surface area contributed by atoms with Crippen LogP contribution in [0.1, 0.15) is 25.8 Å². The van der Waals surface area contributed by atoms with E-state index >= 15 is 0 Å². The van der Waals surface area contributed by atoms with Crippen molar-refractivity contribution >= 4 is 22.6 Å². The van der Waals surface area contributed by atoms with Crippen LogP contribution in [0.5, 0.6) is 0 Å². The van der Waals surface area contributed by atoms with Gasteiger partial charge < -0.3 is 15.0 Å². The number of nitrogens with one attached hydrogen (secondary N) is 1. The van der Waals surface area contributed by atoms with Crippen LogP contribution in [0.25, 0.3) is 0 Å². The molecule has 0 spiro atoms. The van der Waals surface area contributed by atoms with Crippen molar-refractivity contribution in [1.29, 1.82) is 0 Å². The smallest absolute Gasteiger partial charge is 0.407 e. The first-order valence-corrected chi connectivity index (χ1v) is 11.2. The molecule has 0 aliphatic heterocycles. The molecule has 0 heterocycles. The van der Waals surface area contributed by atoms with Gasteiger partial charge in [0.25, 0.3) is 0 Å². The van der Waals surface area contributed by atoms with Crippen molar-refractivity contribution in [1.82, 2.24) is 5.32 Å². The summed E-state index contributed by atoms with van der Waals surface area (Å²) < 4.78 is 16.9. The van der Waals surface area contributed by atoms with Gasteiger partial charge in [-0.2, -0.15) is 0 Å². The van der Waals surface area contributed by atoms with Gasteiger partial charge in [-0.05, 0) is 43.2 Å². The molecule has 0 aromatic heterocycles. The normalized spacial score (nSPS) is 12.2. The zero-order valence-electron chi connectivity index (χ0n) is 17.2. The molecule has 1 N–H and O–H groups in total. The summed E-state index contributed by atoms with van der Waals surface area (Å²) in [7, 11) is -1.02.